The molecule has 3 heteroatoms. The number of aromatic nitrogens is 3. The molecule has 3 nitrogen and oxygen atoms in total. The van der Waals surface area contributed by atoms with E-state index in [0.29, 0.717) is 5.82 Å². The Bertz CT molecular complexity index is 2580. The number of fused-ring (bicyclic) bond motifs is 2. The number of rotatable bonds is 6. The summed E-state index contributed by atoms with van der Waals surface area (Å²) in [6.07, 6.45) is 3.65. The van der Waals surface area contributed by atoms with Crippen LogP contribution in [0, 0.1) is 0 Å². The molecule has 0 amide bonds. The van der Waals surface area contributed by atoms with Crippen LogP contribution in [-0.4, -0.2) is 15.0 Å². The molecule has 2 aromatic heterocycles. The van der Waals surface area contributed by atoms with Crippen molar-refractivity contribution in [2.75, 3.05) is 0 Å². The lowest BCUT2D eigenvalue weighted by molar-refractivity contribution is 1.18. The topological polar surface area (TPSA) is 38.7 Å². The molecule has 0 fully saturated rings. The van der Waals surface area contributed by atoms with Gasteiger partial charge in [-0.1, -0.05) is 146 Å². The summed E-state index contributed by atoms with van der Waals surface area (Å²) in [6, 6.07) is 62.0. The SMILES string of the molecule is c1ccc(-c2nc(-c3cccc(-c4ccncc4)c3)cc(-c3cccc(-c4c5ccccc5c(-c5ccccc5)c5ccccc45)c3)n2)cc1. The van der Waals surface area contributed by atoms with Gasteiger partial charge < -0.3 is 0 Å². The highest BCUT2D eigenvalue weighted by atomic mass is 14.9. The van der Waals surface area contributed by atoms with Crippen molar-refractivity contribution in [2.24, 2.45) is 0 Å². The van der Waals surface area contributed by atoms with Gasteiger partial charge in [-0.2, -0.15) is 0 Å². The van der Waals surface area contributed by atoms with E-state index in [9.17, 15) is 0 Å². The van der Waals surface area contributed by atoms with Gasteiger partial charge in [-0.3, -0.25) is 4.98 Å². The summed E-state index contributed by atoms with van der Waals surface area (Å²) in [5.74, 6) is 0.695. The molecule has 7 aromatic carbocycles. The van der Waals surface area contributed by atoms with Crippen LogP contribution in [0.1, 0.15) is 0 Å². The van der Waals surface area contributed by atoms with Crippen molar-refractivity contribution in [3.05, 3.63) is 188 Å². The summed E-state index contributed by atoms with van der Waals surface area (Å²) in [5, 5.41) is 4.93. The average molecular weight is 638 g/mol. The monoisotopic (exact) mass is 637 g/mol. The van der Waals surface area contributed by atoms with E-state index < -0.39 is 0 Å². The predicted octanol–water partition coefficient (Wildman–Crippen LogP) is 12.2. The van der Waals surface area contributed by atoms with Gasteiger partial charge in [0.2, 0.25) is 0 Å². The molecular weight excluding hydrogens is 607 g/mol. The number of hydrogen-bond donors (Lipinski definition) is 0. The maximum Gasteiger partial charge on any atom is 0.160 e. The fourth-order valence-corrected chi connectivity index (χ4v) is 7.05. The van der Waals surface area contributed by atoms with Crippen LogP contribution in [0.15, 0.2) is 188 Å². The highest BCUT2D eigenvalue weighted by Crippen LogP contribution is 2.44. The van der Waals surface area contributed by atoms with Gasteiger partial charge >= 0.3 is 0 Å². The number of nitrogens with zero attached hydrogens (tertiary/aromatic N) is 3. The molecule has 0 radical (unpaired) electrons. The lowest BCUT2D eigenvalue weighted by Gasteiger charge is -2.18. The van der Waals surface area contributed by atoms with Gasteiger partial charge in [0, 0.05) is 29.1 Å². The zero-order valence-corrected chi connectivity index (χ0v) is 27.2. The Morgan fingerprint density at radius 3 is 1.26 bits per heavy atom. The molecular formula is C47H31N3. The zero-order valence-electron chi connectivity index (χ0n) is 27.2. The summed E-state index contributed by atoms with van der Waals surface area (Å²) >= 11 is 0. The molecule has 0 saturated heterocycles. The molecule has 234 valence electrons. The molecule has 0 unspecified atom stereocenters. The van der Waals surface area contributed by atoms with E-state index >= 15 is 0 Å². The van der Waals surface area contributed by atoms with Crippen molar-refractivity contribution < 1.29 is 0 Å². The van der Waals surface area contributed by atoms with E-state index in [1.165, 1.54) is 38.2 Å². The number of benzene rings is 7. The van der Waals surface area contributed by atoms with Crippen molar-refractivity contribution in [1.82, 2.24) is 15.0 Å². The van der Waals surface area contributed by atoms with E-state index in [1.54, 1.807) is 0 Å². The molecule has 50 heavy (non-hydrogen) atoms. The molecule has 0 aliphatic rings. The Balaban J connectivity index is 1.24. The second-order valence-electron chi connectivity index (χ2n) is 12.4. The minimum atomic E-state index is 0.695. The van der Waals surface area contributed by atoms with Crippen molar-refractivity contribution in [3.8, 4) is 67.3 Å². The average Bonchev–Trinajstić information content (AvgIpc) is 3.21. The van der Waals surface area contributed by atoms with Crippen molar-refractivity contribution in [3.63, 3.8) is 0 Å². The van der Waals surface area contributed by atoms with Gasteiger partial charge in [0.05, 0.1) is 11.4 Å². The minimum Gasteiger partial charge on any atom is -0.265 e. The second kappa shape index (κ2) is 12.7. The van der Waals surface area contributed by atoms with Crippen molar-refractivity contribution in [1.29, 1.82) is 0 Å². The fourth-order valence-electron chi connectivity index (χ4n) is 7.05. The van der Waals surface area contributed by atoms with Gasteiger partial charge in [-0.15, -0.1) is 0 Å². The van der Waals surface area contributed by atoms with Crippen LogP contribution in [0.5, 0.6) is 0 Å². The molecule has 0 aliphatic carbocycles. The smallest absolute Gasteiger partial charge is 0.160 e. The van der Waals surface area contributed by atoms with Crippen LogP contribution in [0.4, 0.5) is 0 Å². The molecule has 0 bridgehead atoms. The summed E-state index contributed by atoms with van der Waals surface area (Å²) in [6.45, 7) is 0. The summed E-state index contributed by atoms with van der Waals surface area (Å²) in [5.41, 5.74) is 11.9. The normalized spacial score (nSPS) is 11.2. The third-order valence-electron chi connectivity index (χ3n) is 9.37. The minimum absolute atomic E-state index is 0.695. The Hall–Kier alpha value is -6.71. The van der Waals surface area contributed by atoms with Crippen LogP contribution >= 0.6 is 0 Å². The molecule has 0 aliphatic heterocycles. The second-order valence-corrected chi connectivity index (χ2v) is 12.4. The van der Waals surface area contributed by atoms with Gasteiger partial charge in [0.15, 0.2) is 5.82 Å². The Morgan fingerprint density at radius 1 is 0.280 bits per heavy atom. The predicted molar refractivity (Wildman–Crippen MR) is 207 cm³/mol. The molecule has 9 aromatic rings. The van der Waals surface area contributed by atoms with Crippen LogP contribution in [0.2, 0.25) is 0 Å². The van der Waals surface area contributed by atoms with Gasteiger partial charge in [0.1, 0.15) is 0 Å². The summed E-state index contributed by atoms with van der Waals surface area (Å²) in [7, 11) is 0. The quantitative estimate of drug-likeness (QED) is 0.170. The Labute approximate surface area is 291 Å². The van der Waals surface area contributed by atoms with E-state index in [1.807, 2.05) is 42.7 Å². The largest absolute Gasteiger partial charge is 0.265 e. The highest BCUT2D eigenvalue weighted by Gasteiger charge is 2.18. The van der Waals surface area contributed by atoms with E-state index in [-0.39, 0.29) is 0 Å². The third-order valence-corrected chi connectivity index (χ3v) is 9.37. The van der Waals surface area contributed by atoms with Crippen LogP contribution < -0.4 is 0 Å². The van der Waals surface area contributed by atoms with Crippen LogP contribution in [0.3, 0.4) is 0 Å². The molecule has 9 rings (SSSR count). The first kappa shape index (κ1) is 29.4. The first-order valence-electron chi connectivity index (χ1n) is 16.9. The van der Waals surface area contributed by atoms with E-state index in [4.69, 9.17) is 9.97 Å². The molecule has 2 heterocycles. The van der Waals surface area contributed by atoms with E-state index in [0.717, 1.165) is 44.8 Å². The molecule has 0 N–H and O–H groups in total. The standard InChI is InChI=1S/C47H31N3/c1-3-13-33(14-4-1)45-39-21-7-9-23-41(39)46(42-24-10-8-22-40(42)45)38-20-12-19-37(30-38)44-31-43(49-47(50-44)34-15-5-2-6-16-34)36-18-11-17-35(29-36)32-25-27-48-28-26-32/h1-31H. The van der Waals surface area contributed by atoms with Crippen LogP contribution in [-0.2, 0) is 0 Å². The number of pyridine rings is 1. The number of hydrogen-bond acceptors (Lipinski definition) is 3. The fraction of sp³-hybridized carbons (Fsp3) is 0. The molecule has 0 atom stereocenters. The third kappa shape index (κ3) is 5.41. The maximum absolute atomic E-state index is 5.17. The lowest BCUT2D eigenvalue weighted by Crippen LogP contribution is -1.96. The first-order chi connectivity index (χ1) is 24.8. The maximum atomic E-state index is 5.17. The van der Waals surface area contributed by atoms with E-state index in [2.05, 4.69) is 151 Å². The van der Waals surface area contributed by atoms with Crippen molar-refractivity contribution in [2.45, 2.75) is 0 Å². The van der Waals surface area contributed by atoms with Gasteiger partial charge in [-0.25, -0.2) is 9.97 Å². The van der Waals surface area contributed by atoms with Gasteiger partial charge in [-0.05, 0) is 85.3 Å². The van der Waals surface area contributed by atoms with Gasteiger partial charge in [0.25, 0.3) is 0 Å². The molecule has 0 saturated carbocycles. The summed E-state index contributed by atoms with van der Waals surface area (Å²) < 4.78 is 0. The van der Waals surface area contributed by atoms with Crippen LogP contribution in [0.25, 0.3) is 88.8 Å². The first-order valence-corrected chi connectivity index (χ1v) is 16.9. The zero-order chi connectivity index (χ0) is 33.3. The Morgan fingerprint density at radius 2 is 0.700 bits per heavy atom. The summed E-state index contributed by atoms with van der Waals surface area (Å²) in [4.78, 5) is 14.5. The Kier molecular flexibility index (Phi) is 7.49. The lowest BCUT2D eigenvalue weighted by atomic mass is 9.85. The van der Waals surface area contributed by atoms with Crippen molar-refractivity contribution >= 4 is 21.5 Å². The molecule has 0 spiro atoms. The highest BCUT2D eigenvalue weighted by molar-refractivity contribution is 6.21.